The number of rotatable bonds is 8. The van der Waals surface area contributed by atoms with Gasteiger partial charge in [0.15, 0.2) is 0 Å². The summed E-state index contributed by atoms with van der Waals surface area (Å²) in [4.78, 5) is 13.5. The highest BCUT2D eigenvalue weighted by Gasteiger charge is 2.26. The third kappa shape index (κ3) is 10.3. The van der Waals surface area contributed by atoms with E-state index >= 15 is 0 Å². The SMILES string of the molecule is C.COCCCOc1cc(N)c2[nH]c(C3=NCC(CN4CCS(=O)CC4)S3)cc2c1.O.O.S=c1cccc[nH]1. The number of fused-ring (bicyclic) bond motifs is 1. The van der Waals surface area contributed by atoms with Gasteiger partial charge in [0.2, 0.25) is 0 Å². The summed E-state index contributed by atoms with van der Waals surface area (Å²) in [7, 11) is 1.06. The minimum Gasteiger partial charge on any atom is -0.493 e. The molecular weight excluding hydrogens is 559 g/mol. The second kappa shape index (κ2) is 17.4. The number of aromatic amines is 2. The van der Waals surface area contributed by atoms with Crippen molar-refractivity contribution in [2.75, 3.05) is 63.7 Å². The summed E-state index contributed by atoms with van der Waals surface area (Å²) in [5.41, 5.74) is 8.86. The van der Waals surface area contributed by atoms with E-state index < -0.39 is 10.8 Å². The fraction of sp³-hybridized carbons (Fsp3) is 0.462. The number of anilines is 1. The molecular formula is C26H41N5O5S3. The van der Waals surface area contributed by atoms with Crippen molar-refractivity contribution in [2.24, 2.45) is 4.99 Å². The van der Waals surface area contributed by atoms with Gasteiger partial charge in [0.25, 0.3) is 0 Å². The van der Waals surface area contributed by atoms with Crippen LogP contribution < -0.4 is 10.5 Å². The fourth-order valence-corrected chi connectivity index (χ4v) is 6.43. The molecule has 0 bridgehead atoms. The molecule has 2 aliphatic heterocycles. The molecule has 0 aliphatic carbocycles. The highest BCUT2D eigenvalue weighted by atomic mass is 32.2. The van der Waals surface area contributed by atoms with Gasteiger partial charge in [-0.05, 0) is 24.3 Å². The Morgan fingerprint density at radius 1 is 1.21 bits per heavy atom. The number of aromatic nitrogens is 2. The van der Waals surface area contributed by atoms with Crippen molar-refractivity contribution in [3.8, 4) is 5.75 Å². The molecule has 1 atom stereocenters. The lowest BCUT2D eigenvalue weighted by molar-refractivity contribution is 0.172. The van der Waals surface area contributed by atoms with E-state index in [1.807, 2.05) is 48.3 Å². The van der Waals surface area contributed by atoms with Gasteiger partial charge in [-0.1, -0.05) is 37.5 Å². The van der Waals surface area contributed by atoms with E-state index in [4.69, 9.17) is 32.4 Å². The molecule has 0 spiro atoms. The first-order chi connectivity index (χ1) is 17.5. The van der Waals surface area contributed by atoms with Crippen LogP contribution >= 0.6 is 24.0 Å². The maximum absolute atomic E-state index is 11.5. The van der Waals surface area contributed by atoms with Gasteiger partial charge >= 0.3 is 0 Å². The highest BCUT2D eigenvalue weighted by Crippen LogP contribution is 2.32. The average Bonchev–Trinajstić information content (AvgIpc) is 3.52. The van der Waals surface area contributed by atoms with Crippen LogP contribution in [0.2, 0.25) is 0 Å². The summed E-state index contributed by atoms with van der Waals surface area (Å²) in [6, 6.07) is 11.6. The molecule has 39 heavy (non-hydrogen) atoms. The smallest absolute Gasteiger partial charge is 0.122 e. The lowest BCUT2D eigenvalue weighted by atomic mass is 10.2. The zero-order valence-corrected chi connectivity index (χ0v) is 23.9. The van der Waals surface area contributed by atoms with Crippen molar-refractivity contribution in [3.63, 3.8) is 0 Å². The minimum absolute atomic E-state index is 0. The van der Waals surface area contributed by atoms with Crippen LogP contribution in [0.1, 0.15) is 19.5 Å². The van der Waals surface area contributed by atoms with Gasteiger partial charge < -0.3 is 41.0 Å². The van der Waals surface area contributed by atoms with Crippen molar-refractivity contribution in [2.45, 2.75) is 19.1 Å². The number of thioether (sulfide) groups is 1. The number of methoxy groups -OCH3 is 1. The summed E-state index contributed by atoms with van der Waals surface area (Å²) in [5.74, 6) is 2.36. The first-order valence-corrected chi connectivity index (χ1v) is 14.8. The van der Waals surface area contributed by atoms with Gasteiger partial charge in [0.05, 0.1) is 30.0 Å². The van der Waals surface area contributed by atoms with Crippen LogP contribution in [0.5, 0.6) is 5.75 Å². The molecule has 10 nitrogen and oxygen atoms in total. The highest BCUT2D eigenvalue weighted by molar-refractivity contribution is 8.15. The summed E-state index contributed by atoms with van der Waals surface area (Å²) < 4.78 is 23.2. The number of pyridine rings is 1. The quantitative estimate of drug-likeness (QED) is 0.203. The van der Waals surface area contributed by atoms with Crippen molar-refractivity contribution >= 4 is 56.4 Å². The molecule has 1 fully saturated rings. The van der Waals surface area contributed by atoms with Crippen LogP contribution in [0.3, 0.4) is 0 Å². The van der Waals surface area contributed by atoms with Gasteiger partial charge in [0.1, 0.15) is 15.4 Å². The predicted molar refractivity (Wildman–Crippen MR) is 167 cm³/mol. The number of aliphatic imine (C=N–C) groups is 1. The Morgan fingerprint density at radius 2 is 1.97 bits per heavy atom. The van der Waals surface area contributed by atoms with Crippen molar-refractivity contribution in [1.82, 2.24) is 14.9 Å². The average molecular weight is 600 g/mol. The lowest BCUT2D eigenvalue weighted by Crippen LogP contribution is -2.41. The van der Waals surface area contributed by atoms with Crippen molar-refractivity contribution < 1.29 is 24.6 Å². The normalized spacial score (nSPS) is 17.2. The molecule has 0 radical (unpaired) electrons. The molecule has 1 aromatic carbocycles. The number of hydrogen-bond donors (Lipinski definition) is 3. The number of nitrogens with one attached hydrogen (secondary N) is 2. The number of ether oxygens (including phenoxy) is 2. The molecule has 1 saturated heterocycles. The Labute approximate surface area is 241 Å². The number of H-pyrrole nitrogens is 2. The molecule has 0 saturated carbocycles. The van der Waals surface area contributed by atoms with E-state index in [1.54, 1.807) is 7.11 Å². The molecule has 2 aliphatic rings. The molecule has 8 N–H and O–H groups in total. The van der Waals surface area contributed by atoms with Gasteiger partial charge in [-0.25, -0.2) is 0 Å². The van der Waals surface area contributed by atoms with E-state index in [1.165, 1.54) is 0 Å². The van der Waals surface area contributed by atoms with E-state index in [0.29, 0.717) is 24.2 Å². The maximum Gasteiger partial charge on any atom is 0.122 e. The molecule has 2 aromatic heterocycles. The number of benzene rings is 1. The molecule has 1 unspecified atom stereocenters. The largest absolute Gasteiger partial charge is 0.493 e. The molecule has 218 valence electrons. The monoisotopic (exact) mass is 599 g/mol. The van der Waals surface area contributed by atoms with Crippen LogP contribution in [0.4, 0.5) is 5.69 Å². The van der Waals surface area contributed by atoms with Crippen LogP contribution in [0.15, 0.2) is 47.6 Å². The van der Waals surface area contributed by atoms with E-state index in [-0.39, 0.29) is 18.4 Å². The lowest BCUT2D eigenvalue weighted by Gasteiger charge is -2.27. The second-order valence-corrected chi connectivity index (χ2v) is 12.0. The van der Waals surface area contributed by atoms with Crippen molar-refractivity contribution in [1.29, 1.82) is 0 Å². The summed E-state index contributed by atoms with van der Waals surface area (Å²) in [6.45, 7) is 4.95. The Kier molecular flexibility index (Phi) is 15.5. The number of hydrogen-bond acceptors (Lipinski definition) is 8. The topological polar surface area (TPSA) is 172 Å². The third-order valence-corrected chi connectivity index (χ3v) is 8.59. The Bertz CT molecular complexity index is 1240. The van der Waals surface area contributed by atoms with E-state index in [2.05, 4.69) is 20.9 Å². The maximum atomic E-state index is 11.5. The molecule has 3 aromatic rings. The molecule has 13 heteroatoms. The van der Waals surface area contributed by atoms with E-state index in [0.717, 1.165) is 76.1 Å². The standard InChI is InChI=1S/C20H28N4O3S2.C5H5NS.CH4.2H2O/c1-26-5-2-6-27-15-9-14-10-18(23-19(14)17(21)11-15)20-22-12-16(28-20)13-24-3-7-29(25)8-4-24;7-5-3-1-2-4-6-5;;;/h9-11,16,23H,2-8,12-13,21H2,1H3;1-4H,(H,6,7);1H4;2*1H2. The Balaban J connectivity index is 0.000000667. The van der Waals surface area contributed by atoms with Gasteiger partial charge in [-0.15, -0.1) is 0 Å². The zero-order chi connectivity index (χ0) is 25.3. The Hall–Kier alpha value is -2.26. The molecule has 5 rings (SSSR count). The molecule has 4 heterocycles. The summed E-state index contributed by atoms with van der Waals surface area (Å²) in [5, 5.41) is 2.51. The van der Waals surface area contributed by atoms with Crippen molar-refractivity contribution in [3.05, 3.63) is 52.9 Å². The van der Waals surface area contributed by atoms with E-state index in [9.17, 15) is 4.21 Å². The van der Waals surface area contributed by atoms with Gasteiger partial charge in [0, 0.05) is 85.0 Å². The first-order valence-electron chi connectivity index (χ1n) is 12.0. The predicted octanol–water partition coefficient (Wildman–Crippen LogP) is 2.82. The summed E-state index contributed by atoms with van der Waals surface area (Å²) in [6.07, 6.45) is 2.65. The molecule has 0 amide bonds. The fourth-order valence-electron chi connectivity index (χ4n) is 4.02. The van der Waals surface area contributed by atoms with Crippen LogP contribution in [0, 0.1) is 4.64 Å². The number of nitrogen functional groups attached to an aromatic ring is 1. The Morgan fingerprint density at radius 3 is 2.62 bits per heavy atom. The minimum atomic E-state index is -0.628. The van der Waals surface area contributed by atoms with Crippen LogP contribution in [-0.2, 0) is 15.5 Å². The summed E-state index contributed by atoms with van der Waals surface area (Å²) >= 11 is 6.57. The van der Waals surface area contributed by atoms with Crippen LogP contribution in [0.25, 0.3) is 10.9 Å². The first kappa shape index (κ1) is 34.8. The third-order valence-electron chi connectivity index (χ3n) is 5.85. The van der Waals surface area contributed by atoms with Crippen LogP contribution in [-0.4, -0.2) is 98.3 Å². The zero-order valence-electron chi connectivity index (χ0n) is 21.4. The second-order valence-electron chi connectivity index (χ2n) is 8.62. The number of nitrogens with zero attached hydrogens (tertiary/aromatic N) is 2. The number of nitrogens with two attached hydrogens (primary N) is 1. The van der Waals surface area contributed by atoms with Gasteiger partial charge in [-0.3, -0.25) is 9.20 Å². The van der Waals surface area contributed by atoms with Gasteiger partial charge in [-0.2, -0.15) is 0 Å².